The Bertz CT molecular complexity index is 928. The smallest absolute Gasteiger partial charge is 0.331 e. The number of hydrogen-bond donors (Lipinski definition) is 4. The summed E-state index contributed by atoms with van der Waals surface area (Å²) in [7, 11) is 0. The van der Waals surface area contributed by atoms with Crippen LogP contribution >= 0.6 is 11.6 Å². The highest BCUT2D eigenvalue weighted by Crippen LogP contribution is 2.42. The van der Waals surface area contributed by atoms with Gasteiger partial charge in [0.05, 0.1) is 0 Å². The van der Waals surface area contributed by atoms with Gasteiger partial charge in [-0.15, -0.1) is 0 Å². The lowest BCUT2D eigenvalue weighted by molar-refractivity contribution is -0.234. The monoisotopic (exact) mass is 420 g/mol. The number of nitriles is 1. The van der Waals surface area contributed by atoms with Crippen molar-refractivity contribution in [3.05, 3.63) is 32.1 Å². The standard InChI is InChI=1S/C15H18ClFN4O7/c1-6(2)8(19)12(25)27-5-14(17)9(22)10(23)15(4-18,28-14)21-3-7(16)11(24)20-13(21)26/h3,6,8-10,22-23H,5,19H2,1-2H3,(H,20,24,26)/t8-,9-,10+,14+,15+/m0/s1. The second-order valence-electron chi connectivity index (χ2n) is 6.57. The second-order valence-corrected chi connectivity index (χ2v) is 6.98. The van der Waals surface area contributed by atoms with Crippen LogP contribution in [0.1, 0.15) is 13.8 Å². The van der Waals surface area contributed by atoms with Crippen molar-refractivity contribution in [3.63, 3.8) is 0 Å². The number of aliphatic hydroxyl groups is 2. The molecule has 0 amide bonds. The summed E-state index contributed by atoms with van der Waals surface area (Å²) in [6.07, 6.45) is -4.05. The fourth-order valence-corrected chi connectivity index (χ4v) is 2.66. The molecule has 0 aromatic carbocycles. The maximum absolute atomic E-state index is 15.1. The Morgan fingerprint density at radius 1 is 1.54 bits per heavy atom. The highest BCUT2D eigenvalue weighted by Gasteiger charge is 2.66. The molecule has 1 fully saturated rings. The number of H-pyrrole nitrogens is 1. The Morgan fingerprint density at radius 3 is 2.68 bits per heavy atom. The fraction of sp³-hybridized carbons (Fsp3) is 0.600. The summed E-state index contributed by atoms with van der Waals surface area (Å²) < 4.78 is 25.1. The predicted octanol–water partition coefficient (Wildman–Crippen LogP) is -1.69. The summed E-state index contributed by atoms with van der Waals surface area (Å²) in [6.45, 7) is 2.02. The Labute approximate surface area is 162 Å². The molecular weight excluding hydrogens is 403 g/mol. The van der Waals surface area contributed by atoms with E-state index in [1.54, 1.807) is 18.8 Å². The summed E-state index contributed by atoms with van der Waals surface area (Å²) in [5.74, 6) is -4.59. The quantitative estimate of drug-likeness (QED) is 0.404. The number of nitrogens with one attached hydrogen (secondary N) is 1. The Balaban J connectivity index is 2.40. The summed E-state index contributed by atoms with van der Waals surface area (Å²) >= 11 is 5.62. The maximum Gasteiger partial charge on any atom is 0.331 e. The molecule has 0 aliphatic carbocycles. The van der Waals surface area contributed by atoms with E-state index in [-0.39, 0.29) is 5.92 Å². The number of carbonyl (C=O) groups is 1. The van der Waals surface area contributed by atoms with Crippen LogP contribution in [0.3, 0.4) is 0 Å². The van der Waals surface area contributed by atoms with E-state index in [1.165, 1.54) is 6.07 Å². The number of esters is 1. The van der Waals surface area contributed by atoms with Crippen molar-refractivity contribution < 1.29 is 28.9 Å². The van der Waals surface area contributed by atoms with E-state index >= 15 is 4.39 Å². The van der Waals surface area contributed by atoms with E-state index in [9.17, 15) is 29.9 Å². The van der Waals surface area contributed by atoms with E-state index in [2.05, 4.69) is 0 Å². The first-order chi connectivity index (χ1) is 12.9. The number of aromatic amines is 1. The van der Waals surface area contributed by atoms with Crippen molar-refractivity contribution in [1.82, 2.24) is 9.55 Å². The van der Waals surface area contributed by atoms with Gasteiger partial charge in [-0.05, 0) is 5.92 Å². The predicted molar refractivity (Wildman–Crippen MR) is 90.6 cm³/mol. The Kier molecular flexibility index (Phi) is 5.98. The molecular formula is C15H18ClFN4O7. The van der Waals surface area contributed by atoms with Gasteiger partial charge in [0.25, 0.3) is 17.1 Å². The normalized spacial score (nSPS) is 30.8. The number of aromatic nitrogens is 2. The molecule has 0 spiro atoms. The van der Waals surface area contributed by atoms with Gasteiger partial charge in [0, 0.05) is 6.20 Å². The highest BCUT2D eigenvalue weighted by atomic mass is 35.5. The lowest BCUT2D eigenvalue weighted by atomic mass is 10.0. The van der Waals surface area contributed by atoms with Crippen LogP contribution in [0.25, 0.3) is 0 Å². The third-order valence-electron chi connectivity index (χ3n) is 4.29. The van der Waals surface area contributed by atoms with Crippen molar-refractivity contribution in [2.24, 2.45) is 11.7 Å². The molecule has 5 N–H and O–H groups in total. The zero-order valence-electron chi connectivity index (χ0n) is 14.8. The molecule has 1 aliphatic rings. The van der Waals surface area contributed by atoms with Gasteiger partial charge in [0.15, 0.2) is 6.61 Å². The van der Waals surface area contributed by atoms with Crippen LogP contribution in [0.15, 0.2) is 15.8 Å². The van der Waals surface area contributed by atoms with Gasteiger partial charge < -0.3 is 20.7 Å². The topological polar surface area (TPSA) is 181 Å². The number of aliphatic hydroxyl groups excluding tert-OH is 2. The maximum atomic E-state index is 15.1. The summed E-state index contributed by atoms with van der Waals surface area (Å²) in [5.41, 5.74) is 0.523. The van der Waals surface area contributed by atoms with Gasteiger partial charge >= 0.3 is 11.7 Å². The van der Waals surface area contributed by atoms with Crippen LogP contribution in [0.4, 0.5) is 4.39 Å². The SMILES string of the molecule is CC(C)[C@H](N)C(=O)OC[C@@]1(F)O[C@@](C#N)(n2cc(Cl)c(=O)[nH]c2=O)[C@H](O)[C@@H]1O. The first-order valence-corrected chi connectivity index (χ1v) is 8.38. The minimum atomic E-state index is -3.26. The number of nitrogens with two attached hydrogens (primary N) is 1. The second kappa shape index (κ2) is 7.61. The van der Waals surface area contributed by atoms with Crippen LogP contribution in [-0.4, -0.2) is 56.4 Å². The number of ether oxygens (including phenoxy) is 2. The number of halogens is 2. The van der Waals surface area contributed by atoms with E-state index in [1.807, 2.05) is 0 Å². The minimum Gasteiger partial charge on any atom is -0.458 e. The van der Waals surface area contributed by atoms with E-state index in [0.29, 0.717) is 10.8 Å². The van der Waals surface area contributed by atoms with Gasteiger partial charge in [-0.2, -0.15) is 5.26 Å². The first-order valence-electron chi connectivity index (χ1n) is 8.00. The van der Waals surface area contributed by atoms with Crippen molar-refractivity contribution in [1.29, 1.82) is 5.26 Å². The summed E-state index contributed by atoms with van der Waals surface area (Å²) in [6, 6.07) is 0.301. The molecule has 0 unspecified atom stereocenters. The molecule has 154 valence electrons. The molecule has 0 saturated carbocycles. The molecule has 1 saturated heterocycles. The first kappa shape index (κ1) is 22.0. The van der Waals surface area contributed by atoms with Crippen molar-refractivity contribution >= 4 is 17.6 Å². The molecule has 13 heteroatoms. The lowest BCUT2D eigenvalue weighted by Crippen LogP contribution is -2.50. The molecule has 11 nitrogen and oxygen atoms in total. The number of hydrogen-bond acceptors (Lipinski definition) is 9. The molecule has 0 bridgehead atoms. The molecule has 5 atom stereocenters. The lowest BCUT2D eigenvalue weighted by Gasteiger charge is -2.27. The molecule has 2 rings (SSSR count). The number of nitrogens with zero attached hydrogens (tertiary/aromatic N) is 2. The Hall–Kier alpha value is -2.30. The zero-order chi connectivity index (χ0) is 21.4. The molecule has 1 aliphatic heterocycles. The summed E-state index contributed by atoms with van der Waals surface area (Å²) in [4.78, 5) is 37.0. The van der Waals surface area contributed by atoms with Crippen LogP contribution in [0, 0.1) is 17.2 Å². The molecule has 1 aromatic heterocycles. The van der Waals surface area contributed by atoms with E-state index < -0.39 is 58.7 Å². The summed E-state index contributed by atoms with van der Waals surface area (Å²) in [5, 5.41) is 29.2. The van der Waals surface area contributed by atoms with Crippen molar-refractivity contribution in [2.75, 3.05) is 6.61 Å². The van der Waals surface area contributed by atoms with Crippen molar-refractivity contribution in [3.8, 4) is 6.07 Å². The van der Waals surface area contributed by atoms with Gasteiger partial charge in [-0.1, -0.05) is 25.4 Å². The fourth-order valence-electron chi connectivity index (χ4n) is 2.51. The van der Waals surface area contributed by atoms with E-state index in [4.69, 9.17) is 26.8 Å². The number of carbonyl (C=O) groups excluding carboxylic acids is 1. The third kappa shape index (κ3) is 3.54. The van der Waals surface area contributed by atoms with Crippen molar-refractivity contribution in [2.45, 2.75) is 43.7 Å². The third-order valence-corrected chi connectivity index (χ3v) is 4.55. The van der Waals surface area contributed by atoms with Crippen LogP contribution in [-0.2, 0) is 20.0 Å². The number of alkyl halides is 1. The molecule has 1 aromatic rings. The number of rotatable bonds is 5. The van der Waals surface area contributed by atoms with E-state index in [0.717, 1.165) is 0 Å². The molecule has 2 heterocycles. The van der Waals surface area contributed by atoms with Gasteiger partial charge in [-0.25, -0.2) is 9.18 Å². The molecule has 28 heavy (non-hydrogen) atoms. The highest BCUT2D eigenvalue weighted by molar-refractivity contribution is 6.30. The Morgan fingerprint density at radius 2 is 2.14 bits per heavy atom. The average molecular weight is 421 g/mol. The van der Waals surface area contributed by atoms with Crippen LogP contribution < -0.4 is 17.0 Å². The van der Waals surface area contributed by atoms with Gasteiger partial charge in [-0.3, -0.25) is 23.9 Å². The van der Waals surface area contributed by atoms with Gasteiger partial charge in [0.2, 0.25) is 0 Å². The largest absolute Gasteiger partial charge is 0.458 e. The average Bonchev–Trinajstić information content (AvgIpc) is 2.84. The zero-order valence-corrected chi connectivity index (χ0v) is 15.5. The van der Waals surface area contributed by atoms with Crippen LogP contribution in [0.2, 0.25) is 5.02 Å². The molecule has 0 radical (unpaired) electrons. The van der Waals surface area contributed by atoms with Crippen LogP contribution in [0.5, 0.6) is 0 Å². The van der Waals surface area contributed by atoms with Gasteiger partial charge in [0.1, 0.15) is 29.3 Å². The minimum absolute atomic E-state index is 0.327.